The normalized spacial score (nSPS) is 33.3. The van der Waals surface area contributed by atoms with Crippen molar-refractivity contribution in [2.24, 2.45) is 0 Å². The number of carbonyl (C=O) groups is 1. The summed E-state index contributed by atoms with van der Waals surface area (Å²) in [7, 11) is -0.879. The van der Waals surface area contributed by atoms with Crippen molar-refractivity contribution in [3.8, 4) is 0 Å². The molecule has 0 radical (unpaired) electrons. The van der Waals surface area contributed by atoms with Gasteiger partial charge >= 0.3 is 5.97 Å². The van der Waals surface area contributed by atoms with Crippen LogP contribution in [0.15, 0.2) is 11.8 Å². The third-order valence-corrected chi connectivity index (χ3v) is 3.83. The molecule has 0 aromatic heterocycles. The molecular weight excluding hydrogens is 178 g/mol. The lowest BCUT2D eigenvalue weighted by Gasteiger charge is -2.44. The van der Waals surface area contributed by atoms with Gasteiger partial charge in [0.15, 0.2) is 0 Å². The van der Waals surface area contributed by atoms with Crippen molar-refractivity contribution >= 4 is 16.8 Å². The van der Waals surface area contributed by atoms with Gasteiger partial charge < -0.3 is 10.0 Å². The van der Waals surface area contributed by atoms with Gasteiger partial charge in [-0.2, -0.15) is 0 Å². The van der Waals surface area contributed by atoms with Crippen molar-refractivity contribution in [1.29, 1.82) is 0 Å². The molecule has 2 rings (SSSR count). The van der Waals surface area contributed by atoms with E-state index < -0.39 is 16.8 Å². The van der Waals surface area contributed by atoms with Gasteiger partial charge in [-0.15, -0.1) is 0 Å². The van der Waals surface area contributed by atoms with Crippen molar-refractivity contribution in [2.45, 2.75) is 11.8 Å². The minimum Gasteiger partial charge on any atom is -0.477 e. The molecule has 0 bridgehead atoms. The maximum Gasteiger partial charge on any atom is 0.351 e. The van der Waals surface area contributed by atoms with E-state index in [1.54, 1.807) is 11.0 Å². The highest BCUT2D eigenvalue weighted by atomic mass is 32.2. The molecule has 66 valence electrons. The van der Waals surface area contributed by atoms with Gasteiger partial charge in [-0.3, -0.25) is 4.21 Å². The second-order valence-corrected chi connectivity index (χ2v) is 4.52. The van der Waals surface area contributed by atoms with Gasteiger partial charge in [0.1, 0.15) is 11.1 Å². The Hall–Kier alpha value is -0.840. The van der Waals surface area contributed by atoms with E-state index in [0.717, 1.165) is 13.0 Å². The van der Waals surface area contributed by atoms with Crippen molar-refractivity contribution in [3.05, 3.63) is 11.8 Å². The van der Waals surface area contributed by atoms with Crippen LogP contribution in [0.25, 0.3) is 0 Å². The number of rotatable bonds is 1. The molecule has 1 saturated heterocycles. The van der Waals surface area contributed by atoms with Crippen LogP contribution in [-0.2, 0) is 15.6 Å². The summed E-state index contributed by atoms with van der Waals surface area (Å²) < 4.78 is 11.3. The largest absolute Gasteiger partial charge is 0.477 e. The molecule has 0 saturated carbocycles. The van der Waals surface area contributed by atoms with Crippen LogP contribution >= 0.6 is 0 Å². The zero-order chi connectivity index (χ0) is 8.72. The fourth-order valence-electron chi connectivity index (χ4n) is 1.51. The maximum atomic E-state index is 11.3. The monoisotopic (exact) mass is 187 g/mol. The Balaban J connectivity index is 2.26. The molecule has 4 nitrogen and oxygen atoms in total. The van der Waals surface area contributed by atoms with Gasteiger partial charge in [-0.1, -0.05) is 0 Å². The lowest BCUT2D eigenvalue weighted by molar-refractivity contribution is -0.135. The number of aliphatic carboxylic acids is 1. The average molecular weight is 187 g/mol. The van der Waals surface area contributed by atoms with Crippen LogP contribution in [0.1, 0.15) is 6.42 Å². The molecule has 0 aromatic rings. The van der Waals surface area contributed by atoms with Crippen LogP contribution in [0.4, 0.5) is 0 Å². The minimum atomic E-state index is -0.906. The summed E-state index contributed by atoms with van der Waals surface area (Å²) in [6.07, 6.45) is 2.41. The highest BCUT2D eigenvalue weighted by Crippen LogP contribution is 2.29. The third-order valence-electron chi connectivity index (χ3n) is 2.24. The summed E-state index contributed by atoms with van der Waals surface area (Å²) in [6, 6.07) is 0. The Labute approximate surface area is 72.3 Å². The summed E-state index contributed by atoms with van der Waals surface area (Å²) >= 11 is 0. The summed E-state index contributed by atoms with van der Waals surface area (Å²) in [4.78, 5) is 12.4. The van der Waals surface area contributed by atoms with E-state index in [1.807, 2.05) is 0 Å². The Bertz CT molecular complexity index is 286. The van der Waals surface area contributed by atoms with Crippen molar-refractivity contribution in [1.82, 2.24) is 4.90 Å². The van der Waals surface area contributed by atoms with Crippen molar-refractivity contribution in [3.63, 3.8) is 0 Å². The van der Waals surface area contributed by atoms with Gasteiger partial charge in [0.05, 0.1) is 0 Å². The highest BCUT2D eigenvalue weighted by Gasteiger charge is 2.39. The van der Waals surface area contributed by atoms with Crippen molar-refractivity contribution < 1.29 is 14.1 Å². The van der Waals surface area contributed by atoms with E-state index in [4.69, 9.17) is 5.11 Å². The molecule has 0 aliphatic carbocycles. The van der Waals surface area contributed by atoms with Gasteiger partial charge in [-0.05, 0) is 12.5 Å². The number of carboxylic acids is 1. The van der Waals surface area contributed by atoms with Crippen LogP contribution < -0.4 is 0 Å². The van der Waals surface area contributed by atoms with E-state index in [0.29, 0.717) is 11.4 Å². The molecule has 0 spiro atoms. The molecule has 0 aromatic carbocycles. The first-order valence-electron chi connectivity index (χ1n) is 3.77. The fourth-order valence-corrected chi connectivity index (χ4v) is 2.93. The summed E-state index contributed by atoms with van der Waals surface area (Å²) in [5.74, 6) is -0.514. The number of hydrogen-bond acceptors (Lipinski definition) is 3. The van der Waals surface area contributed by atoms with Crippen LogP contribution in [0.2, 0.25) is 0 Å². The Morgan fingerprint density at radius 2 is 2.50 bits per heavy atom. The lowest BCUT2D eigenvalue weighted by atomic mass is 10.2. The second-order valence-electron chi connectivity index (χ2n) is 2.88. The number of carboxylic acid groups (broad SMARTS) is 1. The molecule has 2 atom stereocenters. The number of fused-ring (bicyclic) bond motifs is 1. The van der Waals surface area contributed by atoms with Crippen molar-refractivity contribution in [2.75, 3.05) is 12.3 Å². The highest BCUT2D eigenvalue weighted by molar-refractivity contribution is 7.85. The first-order chi connectivity index (χ1) is 5.70. The predicted octanol–water partition coefficient (Wildman–Crippen LogP) is -0.251. The predicted molar refractivity (Wildman–Crippen MR) is 43.8 cm³/mol. The molecular formula is C7H9NO3S. The zero-order valence-electron chi connectivity index (χ0n) is 6.40. The summed E-state index contributed by atoms with van der Waals surface area (Å²) in [5.41, 5.74) is 0.325. The molecule has 2 aliphatic rings. The maximum absolute atomic E-state index is 11.3. The van der Waals surface area contributed by atoms with Crippen LogP contribution in [0, 0.1) is 0 Å². The van der Waals surface area contributed by atoms with Gasteiger partial charge in [0.2, 0.25) is 0 Å². The van der Waals surface area contributed by atoms with Crippen LogP contribution in [-0.4, -0.2) is 37.9 Å². The van der Waals surface area contributed by atoms with E-state index >= 15 is 0 Å². The van der Waals surface area contributed by atoms with Crippen LogP contribution in [0.3, 0.4) is 0 Å². The second kappa shape index (κ2) is 2.58. The molecule has 1 fully saturated rings. The topological polar surface area (TPSA) is 57.6 Å². The van der Waals surface area contributed by atoms with E-state index in [9.17, 15) is 9.00 Å². The zero-order valence-corrected chi connectivity index (χ0v) is 7.21. The third kappa shape index (κ3) is 0.964. The molecule has 2 heterocycles. The Morgan fingerprint density at radius 1 is 1.75 bits per heavy atom. The molecule has 2 unspecified atom stereocenters. The van der Waals surface area contributed by atoms with Crippen LogP contribution in [0.5, 0.6) is 0 Å². The first-order valence-corrected chi connectivity index (χ1v) is 5.15. The first kappa shape index (κ1) is 7.79. The lowest BCUT2D eigenvalue weighted by Crippen LogP contribution is -2.53. The molecule has 2 aliphatic heterocycles. The number of nitrogens with zero attached hydrogens (tertiary/aromatic N) is 1. The smallest absolute Gasteiger partial charge is 0.351 e. The summed E-state index contributed by atoms with van der Waals surface area (Å²) in [6.45, 7) is 0.731. The van der Waals surface area contributed by atoms with Gasteiger partial charge in [0.25, 0.3) is 0 Å². The Morgan fingerprint density at radius 3 is 3.00 bits per heavy atom. The van der Waals surface area contributed by atoms with E-state index in [1.165, 1.54) is 0 Å². The number of hydrogen-bond donors (Lipinski definition) is 1. The molecule has 5 heteroatoms. The summed E-state index contributed by atoms with van der Waals surface area (Å²) in [5, 5.41) is 8.71. The average Bonchev–Trinajstić information content (AvgIpc) is 1.92. The quantitative estimate of drug-likeness (QED) is 0.615. The fraction of sp³-hybridized carbons (Fsp3) is 0.571. The van der Waals surface area contributed by atoms with Gasteiger partial charge in [-0.25, -0.2) is 4.79 Å². The minimum absolute atomic E-state index is 0.0268. The standard InChI is InChI=1S/C7H9NO3S/c9-7(10)5-2-4-12(11)6-1-3-8(5)6/h2,6H,1,3-4H2,(H,9,10). The molecule has 0 amide bonds. The molecule has 1 N–H and O–H groups in total. The van der Waals surface area contributed by atoms with Gasteiger partial charge in [0, 0.05) is 23.1 Å². The SMILES string of the molecule is O=C(O)C1=CCS(=O)C2CCN12. The van der Waals surface area contributed by atoms with E-state index in [-0.39, 0.29) is 5.37 Å². The molecule has 12 heavy (non-hydrogen) atoms. The van der Waals surface area contributed by atoms with E-state index in [2.05, 4.69) is 0 Å². The Kier molecular flexibility index (Phi) is 1.68.